The molecule has 1 amide bonds. The Morgan fingerprint density at radius 3 is 2.79 bits per heavy atom. The summed E-state index contributed by atoms with van der Waals surface area (Å²) in [6.07, 6.45) is 0.168. The Hall–Kier alpha value is -2.39. The van der Waals surface area contributed by atoms with E-state index in [-0.39, 0.29) is 27.8 Å². The van der Waals surface area contributed by atoms with Gasteiger partial charge in [-0.3, -0.25) is 9.52 Å². The molecule has 7 nitrogen and oxygen atoms in total. The van der Waals surface area contributed by atoms with Crippen LogP contribution in [0.2, 0.25) is 0 Å². The fourth-order valence-corrected chi connectivity index (χ4v) is 4.41. The normalized spacial score (nSPS) is 13.8. The van der Waals surface area contributed by atoms with Gasteiger partial charge in [-0.25, -0.2) is 13.2 Å². The van der Waals surface area contributed by atoms with Crippen molar-refractivity contribution < 1.29 is 22.7 Å². The van der Waals surface area contributed by atoms with Crippen LogP contribution < -0.4 is 9.62 Å². The Bertz CT molecular complexity index is 933. The van der Waals surface area contributed by atoms with Gasteiger partial charge in [0.2, 0.25) is 5.91 Å². The van der Waals surface area contributed by atoms with E-state index in [4.69, 9.17) is 0 Å². The summed E-state index contributed by atoms with van der Waals surface area (Å²) in [5.41, 5.74) is 1.52. The zero-order chi connectivity index (χ0) is 17.5. The highest BCUT2D eigenvalue weighted by Crippen LogP contribution is 2.31. The van der Waals surface area contributed by atoms with Crippen LogP contribution in [0.4, 0.5) is 11.4 Å². The first kappa shape index (κ1) is 16.5. The number of hydrogen-bond acceptors (Lipinski definition) is 6. The zero-order valence-corrected chi connectivity index (χ0v) is 14.5. The average molecular weight is 366 g/mol. The van der Waals surface area contributed by atoms with Crippen molar-refractivity contribution in [1.82, 2.24) is 0 Å². The van der Waals surface area contributed by atoms with Crippen LogP contribution in [0, 0.1) is 0 Å². The van der Waals surface area contributed by atoms with E-state index in [1.54, 1.807) is 18.5 Å². The molecule has 0 fully saturated rings. The second kappa shape index (κ2) is 5.91. The number of rotatable bonds is 4. The molecule has 0 atom stereocenters. The van der Waals surface area contributed by atoms with Gasteiger partial charge >= 0.3 is 5.97 Å². The van der Waals surface area contributed by atoms with Gasteiger partial charge in [0.25, 0.3) is 10.0 Å². The summed E-state index contributed by atoms with van der Waals surface area (Å²) in [5.74, 6) is -0.692. The third-order valence-corrected chi connectivity index (χ3v) is 5.98. The molecule has 2 aromatic rings. The highest BCUT2D eigenvalue weighted by Gasteiger charge is 2.27. The highest BCUT2D eigenvalue weighted by molar-refractivity contribution is 7.92. The van der Waals surface area contributed by atoms with Crippen LogP contribution in [0.25, 0.3) is 0 Å². The third-order valence-electron chi connectivity index (χ3n) is 3.72. The van der Waals surface area contributed by atoms with Crippen molar-refractivity contribution in [3.8, 4) is 0 Å². The van der Waals surface area contributed by atoms with Crippen LogP contribution in [0.15, 0.2) is 34.5 Å². The van der Waals surface area contributed by atoms with E-state index in [9.17, 15) is 18.0 Å². The molecule has 0 radical (unpaired) electrons. The van der Waals surface area contributed by atoms with E-state index in [1.807, 2.05) is 0 Å². The van der Waals surface area contributed by atoms with Crippen LogP contribution in [-0.4, -0.2) is 34.5 Å². The predicted molar refractivity (Wildman–Crippen MR) is 90.0 cm³/mol. The van der Waals surface area contributed by atoms with Crippen LogP contribution in [0.5, 0.6) is 0 Å². The first-order chi connectivity index (χ1) is 11.3. The summed E-state index contributed by atoms with van der Waals surface area (Å²) < 4.78 is 32.2. The van der Waals surface area contributed by atoms with Gasteiger partial charge in [-0.1, -0.05) is 0 Å². The van der Waals surface area contributed by atoms with Crippen molar-refractivity contribution in [1.29, 1.82) is 0 Å². The van der Waals surface area contributed by atoms with Crippen molar-refractivity contribution in [3.05, 3.63) is 40.1 Å². The number of thiophene rings is 1. The molecule has 24 heavy (non-hydrogen) atoms. The summed E-state index contributed by atoms with van der Waals surface area (Å²) in [6.45, 7) is 0. The predicted octanol–water partition coefficient (Wildman–Crippen LogP) is 1.85. The number of benzene rings is 1. The second-order valence-corrected chi connectivity index (χ2v) is 7.78. The number of esters is 1. The molecule has 1 aliphatic heterocycles. The van der Waals surface area contributed by atoms with Crippen LogP contribution >= 0.6 is 11.3 Å². The maximum Gasteiger partial charge on any atom is 0.350 e. The molecule has 1 N–H and O–H groups in total. The molecule has 126 valence electrons. The number of carbonyl (C=O) groups excluding carboxylic acids is 2. The fourth-order valence-electron chi connectivity index (χ4n) is 2.46. The molecule has 9 heteroatoms. The first-order valence-corrected chi connectivity index (χ1v) is 9.28. The van der Waals surface area contributed by atoms with Gasteiger partial charge in [-0.15, -0.1) is 11.3 Å². The SMILES string of the molecule is COC(=O)c1sccc1NS(=O)(=O)c1ccc2c(c1)CC(=O)N2C. The summed E-state index contributed by atoms with van der Waals surface area (Å²) in [7, 11) is -1.01. The molecule has 0 spiro atoms. The number of methoxy groups -OCH3 is 1. The lowest BCUT2D eigenvalue weighted by Crippen LogP contribution is -2.20. The van der Waals surface area contributed by atoms with Gasteiger partial charge in [-0.05, 0) is 35.2 Å². The summed E-state index contributed by atoms with van der Waals surface area (Å²) in [4.78, 5) is 25.1. The number of sulfonamides is 1. The number of nitrogens with zero attached hydrogens (tertiary/aromatic N) is 1. The van der Waals surface area contributed by atoms with E-state index < -0.39 is 16.0 Å². The summed E-state index contributed by atoms with van der Waals surface area (Å²) in [5, 5.41) is 1.60. The lowest BCUT2D eigenvalue weighted by atomic mass is 10.2. The molecule has 0 aliphatic carbocycles. The minimum Gasteiger partial charge on any atom is -0.465 e. The summed E-state index contributed by atoms with van der Waals surface area (Å²) in [6, 6.07) is 6.01. The highest BCUT2D eigenvalue weighted by atomic mass is 32.2. The quantitative estimate of drug-likeness (QED) is 0.834. The van der Waals surface area contributed by atoms with Crippen molar-refractivity contribution in [2.24, 2.45) is 0 Å². The minimum atomic E-state index is -3.88. The number of ether oxygens (including phenoxy) is 1. The van der Waals surface area contributed by atoms with Gasteiger partial charge in [0.05, 0.1) is 24.1 Å². The summed E-state index contributed by atoms with van der Waals surface area (Å²) >= 11 is 1.09. The topological polar surface area (TPSA) is 92.8 Å². The number of likely N-dealkylation sites (N-methyl/N-ethyl adjacent to an activating group) is 1. The Morgan fingerprint density at radius 1 is 1.33 bits per heavy atom. The molecule has 0 unspecified atom stereocenters. The van der Waals surface area contributed by atoms with Gasteiger partial charge < -0.3 is 9.64 Å². The van der Waals surface area contributed by atoms with E-state index in [2.05, 4.69) is 9.46 Å². The molecule has 1 aliphatic rings. The number of nitrogens with one attached hydrogen (secondary N) is 1. The van der Waals surface area contributed by atoms with Crippen LogP contribution in [-0.2, 0) is 26.0 Å². The van der Waals surface area contributed by atoms with Crippen molar-refractivity contribution in [3.63, 3.8) is 0 Å². The maximum absolute atomic E-state index is 12.6. The number of carbonyl (C=O) groups is 2. The molecule has 0 saturated heterocycles. The third kappa shape index (κ3) is 2.76. The van der Waals surface area contributed by atoms with Crippen LogP contribution in [0.3, 0.4) is 0 Å². The van der Waals surface area contributed by atoms with Gasteiger partial charge in [0, 0.05) is 12.7 Å². The molecule has 0 saturated carbocycles. The zero-order valence-electron chi connectivity index (χ0n) is 12.9. The molecule has 2 heterocycles. The van der Waals surface area contributed by atoms with Gasteiger partial charge in [0.15, 0.2) is 0 Å². The number of anilines is 2. The largest absolute Gasteiger partial charge is 0.465 e. The lowest BCUT2D eigenvalue weighted by molar-refractivity contribution is -0.117. The minimum absolute atomic E-state index is 0.0337. The first-order valence-electron chi connectivity index (χ1n) is 6.91. The standard InChI is InChI=1S/C15H14N2O5S2/c1-17-12-4-3-10(7-9(12)8-13(17)18)24(20,21)16-11-5-6-23-14(11)15(19)22-2/h3-7,16H,8H2,1-2H3. The average Bonchev–Trinajstić information content (AvgIpc) is 3.11. The molecule has 1 aromatic carbocycles. The number of amides is 1. The number of fused-ring (bicyclic) bond motifs is 1. The van der Waals surface area contributed by atoms with Gasteiger partial charge in [0.1, 0.15) is 4.88 Å². The number of hydrogen-bond donors (Lipinski definition) is 1. The van der Waals surface area contributed by atoms with E-state index in [0.29, 0.717) is 11.3 Å². The Kier molecular flexibility index (Phi) is 4.06. The van der Waals surface area contributed by atoms with E-state index in [0.717, 1.165) is 11.3 Å². The van der Waals surface area contributed by atoms with Crippen LogP contribution in [0.1, 0.15) is 15.2 Å². The Morgan fingerprint density at radius 2 is 2.08 bits per heavy atom. The molecular weight excluding hydrogens is 352 g/mol. The van der Waals surface area contributed by atoms with Gasteiger partial charge in [-0.2, -0.15) is 0 Å². The van der Waals surface area contributed by atoms with Crippen molar-refractivity contribution in [2.75, 3.05) is 23.8 Å². The van der Waals surface area contributed by atoms with Crippen molar-refractivity contribution >= 4 is 44.6 Å². The molecule has 0 bridgehead atoms. The Balaban J connectivity index is 1.93. The van der Waals surface area contributed by atoms with E-state index >= 15 is 0 Å². The Labute approximate surface area is 142 Å². The monoisotopic (exact) mass is 366 g/mol. The molecular formula is C15H14N2O5S2. The van der Waals surface area contributed by atoms with E-state index in [1.165, 1.54) is 30.2 Å². The van der Waals surface area contributed by atoms with Crippen molar-refractivity contribution in [2.45, 2.75) is 11.3 Å². The second-order valence-electron chi connectivity index (χ2n) is 5.18. The molecule has 1 aromatic heterocycles. The molecule has 3 rings (SSSR count). The lowest BCUT2D eigenvalue weighted by Gasteiger charge is -2.12. The maximum atomic E-state index is 12.6. The fraction of sp³-hybridized carbons (Fsp3) is 0.200. The smallest absolute Gasteiger partial charge is 0.350 e.